The zero-order valence-corrected chi connectivity index (χ0v) is 17.0. The van der Waals surface area contributed by atoms with Gasteiger partial charge in [0.1, 0.15) is 0 Å². The first-order chi connectivity index (χ1) is 13.5. The third-order valence-electron chi connectivity index (χ3n) is 3.63. The van der Waals surface area contributed by atoms with Gasteiger partial charge in [0.25, 0.3) is 0 Å². The molecule has 0 fully saturated rings. The Morgan fingerprint density at radius 2 is 1.18 bits per heavy atom. The maximum Gasteiger partial charge on any atom is 0.246 e. The molecular weight excluding hydrogens is 356 g/mol. The van der Waals surface area contributed by atoms with Gasteiger partial charge in [-0.2, -0.15) is 0 Å². The zero-order chi connectivity index (χ0) is 21.0. The maximum absolute atomic E-state index is 11.8. The molecule has 0 rings (SSSR count). The van der Waals surface area contributed by atoms with Crippen LogP contribution in [0.2, 0.25) is 0 Å². The first-order valence-electron chi connectivity index (χ1n) is 9.45. The highest BCUT2D eigenvalue weighted by atomic mass is 16.5. The number of allylic oxidation sites excluding steroid dienone is 2. The lowest BCUT2D eigenvalue weighted by atomic mass is 10.2. The maximum atomic E-state index is 11.8. The number of carbonyl (C=O) groups is 2. The molecule has 0 radical (unpaired) electrons. The summed E-state index contributed by atoms with van der Waals surface area (Å²) in [6, 6.07) is 0. The van der Waals surface area contributed by atoms with E-state index in [9.17, 15) is 9.59 Å². The van der Waals surface area contributed by atoms with Gasteiger partial charge in [-0.25, -0.2) is 0 Å². The lowest BCUT2D eigenvalue weighted by molar-refractivity contribution is -0.118. The molecule has 0 aliphatic heterocycles. The summed E-state index contributed by atoms with van der Waals surface area (Å²) in [5.74, 6) is 4.83. The summed E-state index contributed by atoms with van der Waals surface area (Å²) in [6.45, 7) is 6.04. The van der Waals surface area contributed by atoms with Crippen LogP contribution in [0.25, 0.3) is 0 Å². The fraction of sp³-hybridized carbons (Fsp3) is 0.545. The molecule has 0 aliphatic carbocycles. The minimum Gasteiger partial charge on any atom is -0.377 e. The molecule has 0 spiro atoms. The Morgan fingerprint density at radius 1 is 0.786 bits per heavy atom. The molecule has 0 unspecified atom stereocenters. The second kappa shape index (κ2) is 17.9. The molecular formula is C22H32N2O4. The molecule has 0 bridgehead atoms. The van der Waals surface area contributed by atoms with E-state index in [-0.39, 0.29) is 11.8 Å². The fourth-order valence-corrected chi connectivity index (χ4v) is 2.00. The van der Waals surface area contributed by atoms with Gasteiger partial charge in [-0.1, -0.05) is 12.2 Å². The normalized spacial score (nSPS) is 11.4. The Hall–Kier alpha value is -2.54. The van der Waals surface area contributed by atoms with E-state index in [1.807, 2.05) is 12.2 Å². The van der Waals surface area contributed by atoms with Crippen LogP contribution in [-0.2, 0) is 19.1 Å². The highest BCUT2D eigenvalue weighted by Crippen LogP contribution is 1.98. The van der Waals surface area contributed by atoms with Gasteiger partial charge in [0.05, 0.1) is 26.4 Å². The minimum absolute atomic E-state index is 0.115. The van der Waals surface area contributed by atoms with E-state index in [0.717, 1.165) is 0 Å². The summed E-state index contributed by atoms with van der Waals surface area (Å²) in [5, 5.41) is 5.55. The Bertz CT molecular complexity index is 555. The largest absolute Gasteiger partial charge is 0.377 e. The minimum atomic E-state index is -0.115. The van der Waals surface area contributed by atoms with Crippen molar-refractivity contribution in [3.8, 4) is 24.7 Å². The second-order valence-corrected chi connectivity index (χ2v) is 6.00. The van der Waals surface area contributed by atoms with E-state index >= 15 is 0 Å². The van der Waals surface area contributed by atoms with Crippen LogP contribution in [0, 0.1) is 24.7 Å². The molecule has 0 aromatic heterocycles. The summed E-state index contributed by atoms with van der Waals surface area (Å²) in [4.78, 5) is 23.5. The quantitative estimate of drug-likeness (QED) is 0.255. The van der Waals surface area contributed by atoms with Crippen LogP contribution >= 0.6 is 0 Å². The third-order valence-corrected chi connectivity index (χ3v) is 3.63. The number of rotatable bonds is 15. The standard InChI is InChI=1S/C22H32N2O4/c1-5-7-9-11-19(3)21(25)23-13-15-27-17-18-28-16-14-24-22(26)20(4)12-10-8-6-2/h1-2,11-12H,7-10,13-18H2,3-4H3,(H,23,25)(H,24,26)/b19-11+,20-12+. The average Bonchev–Trinajstić information content (AvgIpc) is 2.69. The lowest BCUT2D eigenvalue weighted by Gasteiger charge is -2.08. The topological polar surface area (TPSA) is 76.7 Å². The Balaban J connectivity index is 3.58. The van der Waals surface area contributed by atoms with Crippen LogP contribution < -0.4 is 10.6 Å². The third kappa shape index (κ3) is 14.6. The molecule has 0 saturated carbocycles. The number of amides is 2. The van der Waals surface area contributed by atoms with Crippen molar-refractivity contribution in [2.45, 2.75) is 39.5 Å². The predicted octanol–water partition coefficient (Wildman–Crippen LogP) is 1.97. The highest BCUT2D eigenvalue weighted by Gasteiger charge is 2.03. The van der Waals surface area contributed by atoms with Crippen molar-refractivity contribution < 1.29 is 19.1 Å². The molecule has 154 valence electrons. The number of ether oxygens (including phenoxy) is 2. The van der Waals surface area contributed by atoms with E-state index in [1.54, 1.807) is 13.8 Å². The first kappa shape index (κ1) is 25.5. The number of nitrogens with one attached hydrogen (secondary N) is 2. The van der Waals surface area contributed by atoms with Gasteiger partial charge in [-0.05, 0) is 26.7 Å². The molecule has 28 heavy (non-hydrogen) atoms. The first-order valence-corrected chi connectivity index (χ1v) is 9.45. The Morgan fingerprint density at radius 3 is 1.54 bits per heavy atom. The molecule has 0 heterocycles. The van der Waals surface area contributed by atoms with Crippen molar-refractivity contribution in [1.29, 1.82) is 0 Å². The van der Waals surface area contributed by atoms with E-state index in [1.165, 1.54) is 0 Å². The smallest absolute Gasteiger partial charge is 0.246 e. The van der Waals surface area contributed by atoms with E-state index in [2.05, 4.69) is 22.5 Å². The van der Waals surface area contributed by atoms with Crippen LogP contribution in [0.15, 0.2) is 23.3 Å². The molecule has 0 saturated heterocycles. The van der Waals surface area contributed by atoms with Gasteiger partial charge in [0, 0.05) is 37.1 Å². The van der Waals surface area contributed by atoms with Gasteiger partial charge < -0.3 is 20.1 Å². The number of hydrogen-bond acceptors (Lipinski definition) is 4. The van der Waals surface area contributed by atoms with Crippen molar-refractivity contribution in [2.75, 3.05) is 39.5 Å². The van der Waals surface area contributed by atoms with E-state index < -0.39 is 0 Å². The summed E-state index contributed by atoms with van der Waals surface area (Å²) in [7, 11) is 0. The van der Waals surface area contributed by atoms with E-state index in [4.69, 9.17) is 22.3 Å². The zero-order valence-electron chi connectivity index (χ0n) is 17.0. The number of hydrogen-bond donors (Lipinski definition) is 2. The van der Waals surface area contributed by atoms with Crippen LogP contribution in [0.5, 0.6) is 0 Å². The molecule has 6 heteroatoms. The molecule has 2 amide bonds. The molecule has 0 atom stereocenters. The second-order valence-electron chi connectivity index (χ2n) is 6.00. The van der Waals surface area contributed by atoms with Crippen molar-refractivity contribution in [2.24, 2.45) is 0 Å². The summed E-state index contributed by atoms with van der Waals surface area (Å²) in [5.41, 5.74) is 1.31. The number of terminal acetylenes is 2. The number of carbonyl (C=O) groups excluding carboxylic acids is 2. The van der Waals surface area contributed by atoms with Gasteiger partial charge in [0.2, 0.25) is 11.8 Å². The van der Waals surface area contributed by atoms with Gasteiger partial charge in [-0.3, -0.25) is 9.59 Å². The molecule has 6 nitrogen and oxygen atoms in total. The summed E-state index contributed by atoms with van der Waals surface area (Å²) in [6.07, 6.45) is 16.6. The summed E-state index contributed by atoms with van der Waals surface area (Å²) < 4.78 is 10.8. The average molecular weight is 389 g/mol. The van der Waals surface area contributed by atoms with Crippen molar-refractivity contribution in [3.05, 3.63) is 23.3 Å². The molecule has 0 aromatic rings. The summed E-state index contributed by atoms with van der Waals surface area (Å²) >= 11 is 0. The molecule has 0 aromatic carbocycles. The lowest BCUT2D eigenvalue weighted by Crippen LogP contribution is -2.29. The van der Waals surface area contributed by atoms with Gasteiger partial charge in [0.15, 0.2) is 0 Å². The van der Waals surface area contributed by atoms with Crippen LogP contribution in [0.1, 0.15) is 39.5 Å². The van der Waals surface area contributed by atoms with E-state index in [0.29, 0.717) is 76.3 Å². The SMILES string of the molecule is C#CCC/C=C(\C)C(=O)NCCOCCOCCNC(=O)/C(C)=C/CCC#C. The van der Waals surface area contributed by atoms with Crippen LogP contribution in [0.4, 0.5) is 0 Å². The van der Waals surface area contributed by atoms with Gasteiger partial charge >= 0.3 is 0 Å². The molecule has 2 N–H and O–H groups in total. The predicted molar refractivity (Wildman–Crippen MR) is 111 cm³/mol. The van der Waals surface area contributed by atoms with Crippen molar-refractivity contribution in [1.82, 2.24) is 10.6 Å². The van der Waals surface area contributed by atoms with Crippen LogP contribution in [0.3, 0.4) is 0 Å². The number of unbranched alkanes of at least 4 members (excludes halogenated alkanes) is 2. The van der Waals surface area contributed by atoms with Gasteiger partial charge in [-0.15, -0.1) is 24.7 Å². The monoisotopic (exact) mass is 388 g/mol. The Kier molecular flexibility index (Phi) is 16.2. The highest BCUT2D eigenvalue weighted by molar-refractivity contribution is 5.93. The fourth-order valence-electron chi connectivity index (χ4n) is 2.00. The van der Waals surface area contributed by atoms with Crippen LogP contribution in [-0.4, -0.2) is 51.3 Å². The molecule has 0 aliphatic rings. The van der Waals surface area contributed by atoms with Crippen molar-refractivity contribution >= 4 is 11.8 Å². The van der Waals surface area contributed by atoms with Crippen molar-refractivity contribution in [3.63, 3.8) is 0 Å². The Labute approximate surface area is 169 Å².